The Morgan fingerprint density at radius 2 is 2.35 bits per heavy atom. The van der Waals surface area contributed by atoms with Crippen molar-refractivity contribution in [3.63, 3.8) is 0 Å². The molecule has 0 saturated carbocycles. The van der Waals surface area contributed by atoms with Crippen molar-refractivity contribution in [3.8, 4) is 0 Å². The van der Waals surface area contributed by atoms with E-state index in [1.807, 2.05) is 18.4 Å². The Morgan fingerprint density at radius 1 is 1.50 bits per heavy atom. The zero-order chi connectivity index (χ0) is 14.4. The molecule has 1 aliphatic heterocycles. The van der Waals surface area contributed by atoms with E-state index in [1.54, 1.807) is 17.8 Å². The Balaban J connectivity index is 1.89. The van der Waals surface area contributed by atoms with E-state index >= 15 is 0 Å². The normalized spacial score (nSPS) is 14.8. The Hall–Kier alpha value is -0.970. The van der Waals surface area contributed by atoms with Crippen LogP contribution in [0.15, 0.2) is 34.7 Å². The van der Waals surface area contributed by atoms with Crippen molar-refractivity contribution in [2.24, 2.45) is 0 Å². The lowest BCUT2D eigenvalue weighted by molar-refractivity contribution is 0.0954. The molecule has 0 aliphatic carbocycles. The highest BCUT2D eigenvalue weighted by Gasteiger charge is 2.11. The van der Waals surface area contributed by atoms with Crippen LogP contribution in [0.3, 0.4) is 0 Å². The van der Waals surface area contributed by atoms with Gasteiger partial charge in [0.1, 0.15) is 0 Å². The van der Waals surface area contributed by atoms with E-state index in [0.717, 1.165) is 30.8 Å². The summed E-state index contributed by atoms with van der Waals surface area (Å²) >= 11 is 7.69. The second kappa shape index (κ2) is 7.72. The summed E-state index contributed by atoms with van der Waals surface area (Å²) in [7, 11) is 0. The molecule has 108 valence electrons. The van der Waals surface area contributed by atoms with Gasteiger partial charge in [-0.2, -0.15) is 0 Å². The first-order valence-electron chi connectivity index (χ1n) is 6.71. The summed E-state index contributed by atoms with van der Waals surface area (Å²) in [6, 6.07) is 5.54. The molecule has 1 amide bonds. The summed E-state index contributed by atoms with van der Waals surface area (Å²) in [6.45, 7) is 2.62. The molecular weight excluding hydrogens is 292 g/mol. The van der Waals surface area contributed by atoms with Crippen molar-refractivity contribution in [1.29, 1.82) is 0 Å². The smallest absolute Gasteiger partial charge is 0.252 e. The maximum absolute atomic E-state index is 12.1. The standard InChI is InChI=1S/C15H19ClN2OS/c1-20-12-2-3-14(16)13(10-12)15(19)18-9-6-11-4-7-17-8-5-11/h2-4,10,17H,5-9H2,1H3,(H,18,19). The molecule has 0 unspecified atom stereocenters. The van der Waals surface area contributed by atoms with Gasteiger partial charge in [0.2, 0.25) is 0 Å². The van der Waals surface area contributed by atoms with Gasteiger partial charge >= 0.3 is 0 Å². The summed E-state index contributed by atoms with van der Waals surface area (Å²) in [5, 5.41) is 6.72. The van der Waals surface area contributed by atoms with E-state index in [-0.39, 0.29) is 5.91 Å². The molecule has 1 aliphatic rings. The highest BCUT2D eigenvalue weighted by molar-refractivity contribution is 7.98. The lowest BCUT2D eigenvalue weighted by atomic mass is 10.1. The van der Waals surface area contributed by atoms with E-state index in [2.05, 4.69) is 16.7 Å². The average molecular weight is 311 g/mol. The van der Waals surface area contributed by atoms with Gasteiger partial charge in [0.25, 0.3) is 5.91 Å². The zero-order valence-electron chi connectivity index (χ0n) is 11.5. The van der Waals surface area contributed by atoms with E-state index in [4.69, 9.17) is 11.6 Å². The van der Waals surface area contributed by atoms with Crippen LogP contribution < -0.4 is 10.6 Å². The number of thioether (sulfide) groups is 1. The van der Waals surface area contributed by atoms with Gasteiger partial charge in [-0.3, -0.25) is 4.79 Å². The molecule has 1 heterocycles. The van der Waals surface area contributed by atoms with Crippen molar-refractivity contribution in [2.45, 2.75) is 17.7 Å². The predicted octanol–water partition coefficient (Wildman–Crippen LogP) is 3.10. The van der Waals surface area contributed by atoms with Crippen LogP contribution in [0.2, 0.25) is 5.02 Å². The lowest BCUT2D eigenvalue weighted by Gasteiger charge is -2.14. The Labute approximate surface area is 129 Å². The van der Waals surface area contributed by atoms with Crippen LogP contribution >= 0.6 is 23.4 Å². The number of halogens is 1. The third-order valence-electron chi connectivity index (χ3n) is 3.31. The summed E-state index contributed by atoms with van der Waals surface area (Å²) in [6.07, 6.45) is 6.16. The molecule has 2 N–H and O–H groups in total. The maximum Gasteiger partial charge on any atom is 0.252 e. The van der Waals surface area contributed by atoms with Gasteiger partial charge in [0.05, 0.1) is 10.6 Å². The Morgan fingerprint density at radius 3 is 3.05 bits per heavy atom. The van der Waals surface area contributed by atoms with Crippen molar-refractivity contribution < 1.29 is 4.79 Å². The topological polar surface area (TPSA) is 41.1 Å². The summed E-state index contributed by atoms with van der Waals surface area (Å²) < 4.78 is 0. The first-order chi connectivity index (χ1) is 9.70. The Bertz CT molecular complexity index is 517. The molecule has 0 saturated heterocycles. The third-order valence-corrected chi connectivity index (χ3v) is 4.36. The van der Waals surface area contributed by atoms with E-state index in [0.29, 0.717) is 17.1 Å². The minimum atomic E-state index is -0.0968. The molecular formula is C15H19ClN2OS. The van der Waals surface area contributed by atoms with E-state index in [1.165, 1.54) is 5.57 Å². The fourth-order valence-electron chi connectivity index (χ4n) is 2.13. The van der Waals surface area contributed by atoms with Crippen molar-refractivity contribution in [3.05, 3.63) is 40.4 Å². The van der Waals surface area contributed by atoms with Gasteiger partial charge < -0.3 is 10.6 Å². The molecule has 2 rings (SSSR count). The molecule has 0 spiro atoms. The molecule has 0 fully saturated rings. The van der Waals surface area contributed by atoms with Gasteiger partial charge in [-0.25, -0.2) is 0 Å². The number of benzene rings is 1. The van der Waals surface area contributed by atoms with Gasteiger partial charge in [-0.05, 0) is 43.8 Å². The number of carbonyl (C=O) groups excluding carboxylic acids is 1. The second-order valence-electron chi connectivity index (χ2n) is 4.67. The van der Waals surface area contributed by atoms with Crippen LogP contribution in [-0.4, -0.2) is 31.8 Å². The fourth-order valence-corrected chi connectivity index (χ4v) is 2.78. The quantitative estimate of drug-likeness (QED) is 0.648. The SMILES string of the molecule is CSc1ccc(Cl)c(C(=O)NCCC2=CCNCC2)c1. The monoisotopic (exact) mass is 310 g/mol. The number of hydrogen-bond acceptors (Lipinski definition) is 3. The number of nitrogens with one attached hydrogen (secondary N) is 2. The molecule has 0 bridgehead atoms. The summed E-state index contributed by atoms with van der Waals surface area (Å²) in [4.78, 5) is 13.2. The van der Waals surface area contributed by atoms with Gasteiger partial charge in [0, 0.05) is 18.0 Å². The van der Waals surface area contributed by atoms with Crippen molar-refractivity contribution in [1.82, 2.24) is 10.6 Å². The fraction of sp³-hybridized carbons (Fsp3) is 0.400. The Kier molecular flexibility index (Phi) is 5.95. The van der Waals surface area contributed by atoms with Crippen LogP contribution in [0, 0.1) is 0 Å². The third kappa shape index (κ3) is 4.27. The first kappa shape index (κ1) is 15.4. The maximum atomic E-state index is 12.1. The molecule has 1 aromatic carbocycles. The summed E-state index contributed by atoms with van der Waals surface area (Å²) in [5.74, 6) is -0.0968. The lowest BCUT2D eigenvalue weighted by Crippen LogP contribution is -2.26. The molecule has 1 aromatic rings. The predicted molar refractivity (Wildman–Crippen MR) is 85.8 cm³/mol. The highest BCUT2D eigenvalue weighted by atomic mass is 35.5. The molecule has 5 heteroatoms. The first-order valence-corrected chi connectivity index (χ1v) is 8.31. The van der Waals surface area contributed by atoms with Crippen LogP contribution in [-0.2, 0) is 0 Å². The molecule has 0 aromatic heterocycles. The van der Waals surface area contributed by atoms with Gasteiger partial charge in [-0.1, -0.05) is 23.3 Å². The molecule has 20 heavy (non-hydrogen) atoms. The van der Waals surface area contributed by atoms with Crippen molar-refractivity contribution in [2.75, 3.05) is 25.9 Å². The van der Waals surface area contributed by atoms with Crippen LogP contribution in [0.1, 0.15) is 23.2 Å². The number of amides is 1. The van der Waals surface area contributed by atoms with Gasteiger partial charge in [-0.15, -0.1) is 11.8 Å². The highest BCUT2D eigenvalue weighted by Crippen LogP contribution is 2.23. The van der Waals surface area contributed by atoms with Crippen LogP contribution in [0.4, 0.5) is 0 Å². The second-order valence-corrected chi connectivity index (χ2v) is 5.96. The number of carbonyl (C=O) groups is 1. The summed E-state index contributed by atoms with van der Waals surface area (Å²) in [5.41, 5.74) is 1.96. The number of hydrogen-bond donors (Lipinski definition) is 2. The molecule has 0 atom stereocenters. The van der Waals surface area contributed by atoms with Crippen LogP contribution in [0.5, 0.6) is 0 Å². The number of rotatable bonds is 5. The molecule has 3 nitrogen and oxygen atoms in total. The van der Waals surface area contributed by atoms with Crippen molar-refractivity contribution >= 4 is 29.3 Å². The largest absolute Gasteiger partial charge is 0.352 e. The zero-order valence-corrected chi connectivity index (χ0v) is 13.1. The minimum absolute atomic E-state index is 0.0968. The van der Waals surface area contributed by atoms with E-state index in [9.17, 15) is 4.79 Å². The van der Waals surface area contributed by atoms with Gasteiger partial charge in [0.15, 0.2) is 0 Å². The van der Waals surface area contributed by atoms with E-state index < -0.39 is 0 Å². The minimum Gasteiger partial charge on any atom is -0.352 e. The van der Waals surface area contributed by atoms with Crippen LogP contribution in [0.25, 0.3) is 0 Å². The average Bonchev–Trinajstić information content (AvgIpc) is 2.48. The molecule has 0 radical (unpaired) electrons.